The fraction of sp³-hybridized carbons (Fsp3) is 0.636. The van der Waals surface area contributed by atoms with E-state index in [9.17, 15) is 19.2 Å². The van der Waals surface area contributed by atoms with Gasteiger partial charge in [-0.1, -0.05) is 19.3 Å². The molecule has 4 amide bonds. The van der Waals surface area contributed by atoms with Crippen molar-refractivity contribution in [2.75, 3.05) is 20.2 Å². The molecule has 11 nitrogen and oxygen atoms in total. The SMILES string of the molecule is COC(=O)CCCNC(=O)C1C(NC(=O)NC2CCCCC2)CCN1C(=O)c1cnccn1. The number of esters is 1. The first-order valence-electron chi connectivity index (χ1n) is 11.5. The first-order chi connectivity index (χ1) is 16.0. The number of ether oxygens (including phenoxy) is 1. The van der Waals surface area contributed by atoms with Crippen molar-refractivity contribution in [2.45, 2.75) is 69.5 Å². The Kier molecular flexibility index (Phi) is 8.96. The lowest BCUT2D eigenvalue weighted by molar-refractivity contribution is -0.140. The standard InChI is InChI=1S/C22H32N6O5/c1-33-18(29)8-5-10-25-20(30)19-16(27-22(32)26-15-6-3-2-4-7-15)9-13-28(19)21(31)17-14-23-11-12-24-17/h11-12,14-16,19H,2-10,13H2,1H3,(H,25,30)(H2,26,27,32). The number of carbonyl (C=O) groups is 4. The zero-order valence-electron chi connectivity index (χ0n) is 18.9. The molecule has 1 aromatic rings. The lowest BCUT2D eigenvalue weighted by atomic mass is 9.96. The molecule has 1 aliphatic heterocycles. The number of amides is 4. The van der Waals surface area contributed by atoms with Crippen LogP contribution in [0.4, 0.5) is 4.79 Å². The second-order valence-electron chi connectivity index (χ2n) is 8.35. The van der Waals surface area contributed by atoms with Crippen LogP contribution in [0.1, 0.15) is 61.9 Å². The van der Waals surface area contributed by atoms with Gasteiger partial charge in [-0.3, -0.25) is 19.4 Å². The largest absolute Gasteiger partial charge is 0.469 e. The highest BCUT2D eigenvalue weighted by molar-refractivity contribution is 5.97. The molecule has 2 fully saturated rings. The molecule has 0 aromatic carbocycles. The molecule has 33 heavy (non-hydrogen) atoms. The maximum atomic E-state index is 13.1. The molecule has 3 N–H and O–H groups in total. The zero-order valence-corrected chi connectivity index (χ0v) is 18.9. The van der Waals surface area contributed by atoms with E-state index in [0.717, 1.165) is 25.7 Å². The lowest BCUT2D eigenvalue weighted by Crippen LogP contribution is -2.57. The smallest absolute Gasteiger partial charge is 0.315 e. The van der Waals surface area contributed by atoms with Crippen LogP contribution in [0.25, 0.3) is 0 Å². The van der Waals surface area contributed by atoms with E-state index >= 15 is 0 Å². The number of carbonyl (C=O) groups excluding carboxylic acids is 4. The molecule has 2 aliphatic rings. The number of hydrogen-bond donors (Lipinski definition) is 3. The fourth-order valence-corrected chi connectivity index (χ4v) is 4.35. The summed E-state index contributed by atoms with van der Waals surface area (Å²) in [6.07, 6.45) is 10.5. The van der Waals surface area contributed by atoms with Gasteiger partial charge in [0, 0.05) is 37.9 Å². The van der Waals surface area contributed by atoms with Crippen molar-refractivity contribution in [3.05, 3.63) is 24.3 Å². The summed E-state index contributed by atoms with van der Waals surface area (Å²) in [6.45, 7) is 0.544. The molecule has 11 heteroatoms. The summed E-state index contributed by atoms with van der Waals surface area (Å²) in [4.78, 5) is 59.4. The molecule has 180 valence electrons. The van der Waals surface area contributed by atoms with Gasteiger partial charge >= 0.3 is 12.0 Å². The highest BCUT2D eigenvalue weighted by Gasteiger charge is 2.43. The van der Waals surface area contributed by atoms with E-state index in [0.29, 0.717) is 19.4 Å². The Morgan fingerprint density at radius 3 is 2.58 bits per heavy atom. The van der Waals surface area contributed by atoms with Crippen molar-refractivity contribution in [3.8, 4) is 0 Å². The van der Waals surface area contributed by atoms with E-state index in [4.69, 9.17) is 0 Å². The van der Waals surface area contributed by atoms with E-state index in [1.165, 1.54) is 37.0 Å². The number of aromatic nitrogens is 2. The highest BCUT2D eigenvalue weighted by Crippen LogP contribution is 2.21. The van der Waals surface area contributed by atoms with Crippen molar-refractivity contribution in [2.24, 2.45) is 0 Å². The van der Waals surface area contributed by atoms with E-state index in [1.807, 2.05) is 0 Å². The van der Waals surface area contributed by atoms with Crippen LogP contribution in [-0.2, 0) is 14.3 Å². The van der Waals surface area contributed by atoms with E-state index in [1.54, 1.807) is 0 Å². The van der Waals surface area contributed by atoms with Crippen molar-refractivity contribution >= 4 is 23.8 Å². The van der Waals surface area contributed by atoms with Crippen LogP contribution < -0.4 is 16.0 Å². The normalized spacial score (nSPS) is 20.7. The summed E-state index contributed by atoms with van der Waals surface area (Å²) < 4.78 is 4.61. The van der Waals surface area contributed by atoms with Crippen LogP contribution in [0.15, 0.2) is 18.6 Å². The molecular weight excluding hydrogens is 428 g/mol. The monoisotopic (exact) mass is 460 g/mol. The topological polar surface area (TPSA) is 143 Å². The number of hydrogen-bond acceptors (Lipinski definition) is 7. The number of likely N-dealkylation sites (tertiary alicyclic amines) is 1. The number of methoxy groups -OCH3 is 1. The number of urea groups is 1. The van der Waals surface area contributed by atoms with Gasteiger partial charge in [0.05, 0.1) is 19.3 Å². The van der Waals surface area contributed by atoms with Gasteiger partial charge < -0.3 is 25.6 Å². The van der Waals surface area contributed by atoms with Gasteiger partial charge in [0.15, 0.2) is 0 Å². The molecule has 1 aliphatic carbocycles. The minimum atomic E-state index is -0.894. The molecule has 1 saturated heterocycles. The Hall–Kier alpha value is -3.24. The van der Waals surface area contributed by atoms with Gasteiger partial charge in [0.1, 0.15) is 11.7 Å². The van der Waals surface area contributed by atoms with Crippen LogP contribution in [0, 0.1) is 0 Å². The molecule has 3 rings (SSSR count). The van der Waals surface area contributed by atoms with Crippen LogP contribution >= 0.6 is 0 Å². The average molecular weight is 461 g/mol. The Morgan fingerprint density at radius 1 is 1.09 bits per heavy atom. The average Bonchev–Trinajstić information content (AvgIpc) is 3.25. The second-order valence-corrected chi connectivity index (χ2v) is 8.35. The van der Waals surface area contributed by atoms with Crippen LogP contribution in [0.3, 0.4) is 0 Å². The van der Waals surface area contributed by atoms with Gasteiger partial charge in [-0.25, -0.2) is 9.78 Å². The molecule has 0 radical (unpaired) electrons. The van der Waals surface area contributed by atoms with Crippen LogP contribution in [0.2, 0.25) is 0 Å². The zero-order chi connectivity index (χ0) is 23.6. The Balaban J connectivity index is 1.65. The fourth-order valence-electron chi connectivity index (χ4n) is 4.35. The number of nitrogens with zero attached hydrogens (tertiary/aromatic N) is 3. The predicted octanol–water partition coefficient (Wildman–Crippen LogP) is 0.761. The van der Waals surface area contributed by atoms with E-state index in [-0.39, 0.29) is 36.7 Å². The maximum Gasteiger partial charge on any atom is 0.315 e. The summed E-state index contributed by atoms with van der Waals surface area (Å²) in [7, 11) is 1.31. The quantitative estimate of drug-likeness (QED) is 0.384. The minimum absolute atomic E-state index is 0.128. The molecule has 2 atom stereocenters. The van der Waals surface area contributed by atoms with Crippen molar-refractivity contribution in [3.63, 3.8) is 0 Å². The first kappa shape index (κ1) is 24.4. The van der Waals surface area contributed by atoms with Gasteiger partial charge in [-0.15, -0.1) is 0 Å². The Bertz CT molecular complexity index is 830. The third-order valence-corrected chi connectivity index (χ3v) is 6.05. The van der Waals surface area contributed by atoms with Gasteiger partial charge in [0.25, 0.3) is 5.91 Å². The summed E-state index contributed by atoms with van der Waals surface area (Å²) in [5.74, 6) is -1.17. The summed E-state index contributed by atoms with van der Waals surface area (Å²) in [5.41, 5.74) is 0.133. The predicted molar refractivity (Wildman–Crippen MR) is 118 cm³/mol. The lowest BCUT2D eigenvalue weighted by Gasteiger charge is -2.28. The van der Waals surface area contributed by atoms with Crippen molar-refractivity contribution < 1.29 is 23.9 Å². The molecule has 1 saturated carbocycles. The van der Waals surface area contributed by atoms with Gasteiger partial charge in [0.2, 0.25) is 5.91 Å². The third kappa shape index (κ3) is 6.87. The minimum Gasteiger partial charge on any atom is -0.469 e. The molecule has 0 spiro atoms. The van der Waals surface area contributed by atoms with E-state index < -0.39 is 23.9 Å². The first-order valence-corrected chi connectivity index (χ1v) is 11.5. The molecular formula is C22H32N6O5. The highest BCUT2D eigenvalue weighted by atomic mass is 16.5. The van der Waals surface area contributed by atoms with Crippen LogP contribution in [0.5, 0.6) is 0 Å². The second kappa shape index (κ2) is 12.1. The summed E-state index contributed by atoms with van der Waals surface area (Å²) in [5, 5.41) is 8.67. The summed E-state index contributed by atoms with van der Waals surface area (Å²) >= 11 is 0. The maximum absolute atomic E-state index is 13.1. The van der Waals surface area contributed by atoms with Crippen molar-refractivity contribution in [1.82, 2.24) is 30.8 Å². The number of nitrogens with one attached hydrogen (secondary N) is 3. The molecule has 2 heterocycles. The Labute approximate surface area is 193 Å². The Morgan fingerprint density at radius 2 is 1.88 bits per heavy atom. The van der Waals surface area contributed by atoms with Crippen LogP contribution in [-0.4, -0.2) is 77.0 Å². The molecule has 0 bridgehead atoms. The number of rotatable bonds is 8. The van der Waals surface area contributed by atoms with Crippen molar-refractivity contribution in [1.29, 1.82) is 0 Å². The van der Waals surface area contributed by atoms with Gasteiger partial charge in [-0.2, -0.15) is 0 Å². The molecule has 2 unspecified atom stereocenters. The third-order valence-electron chi connectivity index (χ3n) is 6.05. The van der Waals surface area contributed by atoms with E-state index in [2.05, 4.69) is 30.7 Å². The summed E-state index contributed by atoms with van der Waals surface area (Å²) in [6, 6.07) is -1.64. The molecule has 1 aromatic heterocycles. The van der Waals surface area contributed by atoms with Gasteiger partial charge in [-0.05, 0) is 25.7 Å².